The zero-order valence-electron chi connectivity index (χ0n) is 21.0. The van der Waals surface area contributed by atoms with Gasteiger partial charge in [-0.3, -0.25) is 14.6 Å². The highest BCUT2D eigenvalue weighted by Gasteiger charge is 2.23. The Bertz CT molecular complexity index is 1250. The molecule has 1 unspecified atom stereocenters. The van der Waals surface area contributed by atoms with Crippen molar-refractivity contribution in [2.75, 3.05) is 32.6 Å². The van der Waals surface area contributed by atoms with E-state index in [4.69, 9.17) is 21.1 Å². The Labute approximate surface area is 220 Å². The topological polar surface area (TPSA) is 119 Å². The zero-order valence-corrected chi connectivity index (χ0v) is 21.7. The summed E-state index contributed by atoms with van der Waals surface area (Å²) in [6.45, 7) is 3.22. The van der Waals surface area contributed by atoms with Gasteiger partial charge in [0.25, 0.3) is 5.91 Å². The van der Waals surface area contributed by atoms with Crippen LogP contribution in [0.2, 0.25) is 5.02 Å². The Balaban J connectivity index is 1.36. The lowest BCUT2D eigenvalue weighted by Gasteiger charge is -2.31. The van der Waals surface area contributed by atoms with Crippen molar-refractivity contribution in [1.82, 2.24) is 25.2 Å². The number of aromatic nitrogens is 3. The molecule has 10 nitrogen and oxygen atoms in total. The first kappa shape index (κ1) is 26.2. The normalized spacial score (nSPS) is 15.1. The highest BCUT2D eigenvalue weighted by molar-refractivity contribution is 6.33. The van der Waals surface area contributed by atoms with E-state index >= 15 is 0 Å². The Hall–Kier alpha value is -3.92. The summed E-state index contributed by atoms with van der Waals surface area (Å²) in [6.07, 6.45) is 6.83. The van der Waals surface area contributed by atoms with Crippen molar-refractivity contribution in [3.63, 3.8) is 0 Å². The van der Waals surface area contributed by atoms with Crippen LogP contribution >= 0.6 is 11.6 Å². The molecule has 0 spiro atoms. The maximum Gasteiger partial charge on any atom is 0.251 e. The molecular weight excluding hydrogens is 496 g/mol. The quantitative estimate of drug-likeness (QED) is 0.455. The van der Waals surface area contributed by atoms with Gasteiger partial charge in [-0.1, -0.05) is 11.6 Å². The fourth-order valence-corrected chi connectivity index (χ4v) is 4.40. The van der Waals surface area contributed by atoms with Crippen molar-refractivity contribution in [3.05, 3.63) is 64.7 Å². The fraction of sp³-hybridized carbons (Fsp3) is 0.346. The molecule has 2 amide bonds. The van der Waals surface area contributed by atoms with E-state index in [-0.39, 0.29) is 24.3 Å². The van der Waals surface area contributed by atoms with Crippen molar-refractivity contribution >= 4 is 35.1 Å². The van der Waals surface area contributed by atoms with Crippen LogP contribution in [0.1, 0.15) is 47.3 Å². The number of piperidine rings is 1. The van der Waals surface area contributed by atoms with Crippen LogP contribution in [-0.4, -0.2) is 58.9 Å². The van der Waals surface area contributed by atoms with Crippen LogP contribution in [0.15, 0.2) is 42.9 Å². The van der Waals surface area contributed by atoms with Crippen LogP contribution in [0.4, 0.5) is 11.6 Å². The van der Waals surface area contributed by atoms with Gasteiger partial charge in [-0.25, -0.2) is 9.97 Å². The monoisotopic (exact) mass is 524 g/mol. The molecule has 11 heteroatoms. The summed E-state index contributed by atoms with van der Waals surface area (Å²) in [5.74, 6) is 1.30. The lowest BCUT2D eigenvalue weighted by atomic mass is 9.94. The molecule has 0 bridgehead atoms. The number of nitrogens with one attached hydrogen (secondary N) is 2. The molecule has 2 aromatic heterocycles. The average Bonchev–Trinajstić information content (AvgIpc) is 2.93. The minimum Gasteiger partial charge on any atom is -0.495 e. The fourth-order valence-electron chi connectivity index (χ4n) is 4.16. The second-order valence-corrected chi connectivity index (χ2v) is 9.04. The Kier molecular flexibility index (Phi) is 8.39. The number of benzene rings is 1. The number of pyridine rings is 1. The highest BCUT2D eigenvalue weighted by atomic mass is 35.5. The van der Waals surface area contributed by atoms with Crippen molar-refractivity contribution in [3.8, 4) is 11.5 Å². The predicted molar refractivity (Wildman–Crippen MR) is 140 cm³/mol. The number of carbonyl (C=O) groups is 2. The molecule has 1 aliphatic rings. The third-order valence-corrected chi connectivity index (χ3v) is 6.60. The van der Waals surface area contributed by atoms with Crippen LogP contribution in [0.5, 0.6) is 11.5 Å². The van der Waals surface area contributed by atoms with Gasteiger partial charge in [0.05, 0.1) is 36.4 Å². The summed E-state index contributed by atoms with van der Waals surface area (Å²) in [7, 11) is 3.04. The molecule has 1 saturated heterocycles. The molecule has 0 aliphatic carbocycles. The smallest absolute Gasteiger partial charge is 0.251 e. The number of methoxy groups -OCH3 is 1. The van der Waals surface area contributed by atoms with Gasteiger partial charge >= 0.3 is 0 Å². The van der Waals surface area contributed by atoms with E-state index in [9.17, 15) is 9.59 Å². The van der Waals surface area contributed by atoms with Crippen LogP contribution < -0.4 is 20.1 Å². The third kappa shape index (κ3) is 6.45. The van der Waals surface area contributed by atoms with Gasteiger partial charge in [-0.2, -0.15) is 0 Å². The first-order valence-corrected chi connectivity index (χ1v) is 12.3. The lowest BCUT2D eigenvalue weighted by Crippen LogP contribution is -2.37. The average molecular weight is 525 g/mol. The summed E-state index contributed by atoms with van der Waals surface area (Å²) in [5, 5.41) is 6.07. The summed E-state index contributed by atoms with van der Waals surface area (Å²) in [5.41, 5.74) is 2.73. The van der Waals surface area contributed by atoms with Gasteiger partial charge in [0, 0.05) is 49.8 Å². The molecule has 1 atom stereocenters. The number of anilines is 2. The standard InChI is InChI=1S/C26H29ClN6O4/c1-16(34)33-8-4-5-17(14-33)22-7-6-20(11-29-22)32-26-30-12-21(13-31-26)37-15-19-9-18(25(35)28-2)10-23(36-3)24(19)27/h6-7,9-13,17H,4-5,8,14-15H2,1-3H3,(H,28,35)(H,30,31,32). The van der Waals surface area contributed by atoms with Gasteiger partial charge in [0.1, 0.15) is 12.4 Å². The van der Waals surface area contributed by atoms with Crippen LogP contribution in [0, 0.1) is 0 Å². The number of nitrogens with zero attached hydrogens (tertiary/aromatic N) is 4. The second-order valence-electron chi connectivity index (χ2n) is 8.66. The molecule has 3 aromatic rings. The molecule has 2 N–H and O–H groups in total. The minimum absolute atomic E-state index is 0.101. The molecule has 0 radical (unpaired) electrons. The Morgan fingerprint density at radius 3 is 2.59 bits per heavy atom. The molecule has 37 heavy (non-hydrogen) atoms. The number of likely N-dealkylation sites (tertiary alicyclic amines) is 1. The number of rotatable bonds is 8. The Morgan fingerprint density at radius 2 is 1.95 bits per heavy atom. The number of hydrogen-bond donors (Lipinski definition) is 2. The first-order chi connectivity index (χ1) is 17.9. The second kappa shape index (κ2) is 11.9. The lowest BCUT2D eigenvalue weighted by molar-refractivity contribution is -0.130. The molecule has 194 valence electrons. The number of hydrogen-bond acceptors (Lipinski definition) is 8. The van der Waals surface area contributed by atoms with E-state index in [2.05, 4.69) is 25.6 Å². The molecule has 1 aliphatic heterocycles. The van der Waals surface area contributed by atoms with E-state index in [1.54, 1.807) is 44.7 Å². The largest absolute Gasteiger partial charge is 0.495 e. The van der Waals surface area contributed by atoms with Crippen LogP contribution in [0.25, 0.3) is 0 Å². The van der Waals surface area contributed by atoms with Crippen LogP contribution in [-0.2, 0) is 11.4 Å². The summed E-state index contributed by atoms with van der Waals surface area (Å²) in [6, 6.07) is 7.13. The third-order valence-electron chi connectivity index (χ3n) is 6.17. The van der Waals surface area contributed by atoms with E-state index in [0.717, 1.165) is 30.8 Å². The first-order valence-electron chi connectivity index (χ1n) is 11.9. The molecule has 1 fully saturated rings. The van der Waals surface area contributed by atoms with Gasteiger partial charge in [0.15, 0.2) is 5.75 Å². The summed E-state index contributed by atoms with van der Waals surface area (Å²) in [4.78, 5) is 38.8. The number of carbonyl (C=O) groups excluding carboxylic acids is 2. The van der Waals surface area contributed by atoms with Crippen LogP contribution in [0.3, 0.4) is 0 Å². The van der Waals surface area contributed by atoms with Gasteiger partial charge in [-0.05, 0) is 37.1 Å². The molecule has 0 saturated carbocycles. The van der Waals surface area contributed by atoms with Gasteiger partial charge < -0.3 is 25.0 Å². The Morgan fingerprint density at radius 1 is 1.16 bits per heavy atom. The summed E-state index contributed by atoms with van der Waals surface area (Å²) < 4.78 is 11.1. The number of amides is 2. The van der Waals surface area contributed by atoms with Gasteiger partial charge in [-0.15, -0.1) is 0 Å². The number of ether oxygens (including phenoxy) is 2. The molecular formula is C26H29ClN6O4. The van der Waals surface area contributed by atoms with E-state index in [0.29, 0.717) is 40.1 Å². The van der Waals surface area contributed by atoms with Crippen molar-refractivity contribution < 1.29 is 19.1 Å². The number of halogens is 1. The maximum absolute atomic E-state index is 12.0. The molecule has 1 aromatic carbocycles. The van der Waals surface area contributed by atoms with Gasteiger partial charge in [0.2, 0.25) is 11.9 Å². The SMILES string of the molecule is CNC(=O)c1cc(COc2cnc(Nc3ccc(C4CCCN(C(C)=O)C4)nc3)nc2)c(Cl)c(OC)c1. The van der Waals surface area contributed by atoms with E-state index < -0.39 is 0 Å². The van der Waals surface area contributed by atoms with Crippen molar-refractivity contribution in [2.24, 2.45) is 0 Å². The summed E-state index contributed by atoms with van der Waals surface area (Å²) >= 11 is 6.39. The zero-order chi connectivity index (χ0) is 26.4. The van der Waals surface area contributed by atoms with E-state index in [1.165, 1.54) is 7.11 Å². The van der Waals surface area contributed by atoms with Crippen molar-refractivity contribution in [2.45, 2.75) is 32.3 Å². The maximum atomic E-state index is 12.0. The highest BCUT2D eigenvalue weighted by Crippen LogP contribution is 2.31. The predicted octanol–water partition coefficient (Wildman–Crippen LogP) is 3.94. The minimum atomic E-state index is -0.255. The molecule has 3 heterocycles. The molecule has 4 rings (SSSR count). The van der Waals surface area contributed by atoms with Crippen molar-refractivity contribution in [1.29, 1.82) is 0 Å². The van der Waals surface area contributed by atoms with E-state index in [1.807, 2.05) is 17.0 Å².